The van der Waals surface area contributed by atoms with Crippen LogP contribution in [0.1, 0.15) is 16.7 Å². The summed E-state index contributed by atoms with van der Waals surface area (Å²) in [6.45, 7) is 7.75. The summed E-state index contributed by atoms with van der Waals surface area (Å²) in [6, 6.07) is 13.0. The molecule has 0 bridgehead atoms. The lowest BCUT2D eigenvalue weighted by Crippen LogP contribution is -2.32. The average molecular weight is 362 g/mol. The Morgan fingerprint density at radius 3 is 2.41 bits per heavy atom. The molecule has 27 heavy (non-hydrogen) atoms. The lowest BCUT2D eigenvalue weighted by atomic mass is 10.0. The van der Waals surface area contributed by atoms with Gasteiger partial charge in [0.25, 0.3) is 11.8 Å². The standard InChI is InChI=1S/C22H22N2O3/c1-5-12-24-21(25)19(16-8-10-17(27-4)11-9-16)20(22(24)26)23-18-13-14(2)6-7-15(18)3/h5-11,13,23H,1,12H2,2-4H3. The Balaban J connectivity index is 2.10. The van der Waals surface area contributed by atoms with Crippen LogP contribution in [0.25, 0.3) is 5.57 Å². The summed E-state index contributed by atoms with van der Waals surface area (Å²) in [5, 5.41) is 3.20. The van der Waals surface area contributed by atoms with E-state index >= 15 is 0 Å². The highest BCUT2D eigenvalue weighted by Gasteiger charge is 2.38. The Morgan fingerprint density at radius 1 is 1.07 bits per heavy atom. The molecular weight excluding hydrogens is 340 g/mol. The molecule has 0 aromatic heterocycles. The Bertz CT molecular complexity index is 943. The molecule has 5 heteroatoms. The number of ether oxygens (including phenoxy) is 1. The van der Waals surface area contributed by atoms with Crippen LogP contribution in [0.2, 0.25) is 0 Å². The van der Waals surface area contributed by atoms with E-state index in [9.17, 15) is 9.59 Å². The number of amides is 2. The highest BCUT2D eigenvalue weighted by atomic mass is 16.5. The van der Waals surface area contributed by atoms with Gasteiger partial charge in [-0.15, -0.1) is 6.58 Å². The summed E-state index contributed by atoms with van der Waals surface area (Å²) in [5.74, 6) is -0.00685. The quantitative estimate of drug-likeness (QED) is 0.629. The summed E-state index contributed by atoms with van der Waals surface area (Å²) in [5.41, 5.74) is 4.15. The lowest BCUT2D eigenvalue weighted by molar-refractivity contribution is -0.136. The number of benzene rings is 2. The molecule has 2 aromatic carbocycles. The van der Waals surface area contributed by atoms with Crippen LogP contribution >= 0.6 is 0 Å². The SMILES string of the molecule is C=CCN1C(=O)C(Nc2cc(C)ccc2C)=C(c2ccc(OC)cc2)C1=O. The Labute approximate surface area is 158 Å². The molecule has 0 radical (unpaired) electrons. The number of carbonyl (C=O) groups is 2. The molecule has 1 aliphatic rings. The molecule has 0 unspecified atom stereocenters. The molecule has 1 aliphatic heterocycles. The molecule has 0 fully saturated rings. The van der Waals surface area contributed by atoms with Crippen molar-refractivity contribution in [2.24, 2.45) is 0 Å². The van der Waals surface area contributed by atoms with E-state index in [-0.39, 0.29) is 24.1 Å². The minimum absolute atomic E-state index is 0.162. The summed E-state index contributed by atoms with van der Waals surface area (Å²) in [7, 11) is 1.58. The van der Waals surface area contributed by atoms with E-state index in [0.29, 0.717) is 16.9 Å². The lowest BCUT2D eigenvalue weighted by Gasteiger charge is -2.13. The van der Waals surface area contributed by atoms with Gasteiger partial charge in [0.05, 0.1) is 12.7 Å². The normalized spacial score (nSPS) is 14.0. The summed E-state index contributed by atoms with van der Waals surface area (Å²) >= 11 is 0. The summed E-state index contributed by atoms with van der Waals surface area (Å²) in [4.78, 5) is 27.1. The maximum absolute atomic E-state index is 12.9. The molecule has 2 aromatic rings. The van der Waals surface area contributed by atoms with E-state index in [1.165, 1.54) is 4.90 Å². The molecule has 5 nitrogen and oxygen atoms in total. The highest BCUT2D eigenvalue weighted by Crippen LogP contribution is 2.32. The molecule has 138 valence electrons. The third kappa shape index (κ3) is 3.49. The van der Waals surface area contributed by atoms with Crippen LogP contribution in [0, 0.1) is 13.8 Å². The van der Waals surface area contributed by atoms with Gasteiger partial charge in [0, 0.05) is 12.2 Å². The van der Waals surface area contributed by atoms with Crippen molar-refractivity contribution in [2.75, 3.05) is 19.0 Å². The fourth-order valence-electron chi connectivity index (χ4n) is 3.02. The first-order valence-electron chi connectivity index (χ1n) is 8.66. The topological polar surface area (TPSA) is 58.6 Å². The number of carbonyl (C=O) groups excluding carboxylic acids is 2. The molecule has 0 aliphatic carbocycles. The Hall–Kier alpha value is -3.34. The minimum Gasteiger partial charge on any atom is -0.497 e. The first-order valence-corrected chi connectivity index (χ1v) is 8.66. The average Bonchev–Trinajstić information content (AvgIpc) is 2.89. The Kier molecular flexibility index (Phi) is 5.12. The number of hydrogen-bond acceptors (Lipinski definition) is 4. The number of aryl methyl sites for hydroxylation is 2. The third-order valence-electron chi connectivity index (χ3n) is 4.51. The maximum Gasteiger partial charge on any atom is 0.278 e. The second-order valence-corrected chi connectivity index (χ2v) is 6.43. The smallest absolute Gasteiger partial charge is 0.278 e. The largest absolute Gasteiger partial charge is 0.497 e. The maximum atomic E-state index is 12.9. The fourth-order valence-corrected chi connectivity index (χ4v) is 3.02. The van der Waals surface area contributed by atoms with E-state index < -0.39 is 0 Å². The van der Waals surface area contributed by atoms with E-state index in [2.05, 4.69) is 11.9 Å². The molecule has 0 saturated heterocycles. The van der Waals surface area contributed by atoms with Gasteiger partial charge >= 0.3 is 0 Å². The number of nitrogens with one attached hydrogen (secondary N) is 1. The second kappa shape index (κ2) is 7.50. The van der Waals surface area contributed by atoms with Crippen LogP contribution in [0.5, 0.6) is 5.75 Å². The van der Waals surface area contributed by atoms with Gasteiger partial charge in [-0.2, -0.15) is 0 Å². The molecule has 1 N–H and O–H groups in total. The minimum atomic E-state index is -0.355. The predicted molar refractivity (Wildman–Crippen MR) is 106 cm³/mol. The zero-order valence-corrected chi connectivity index (χ0v) is 15.7. The van der Waals surface area contributed by atoms with E-state index in [4.69, 9.17) is 4.74 Å². The molecular formula is C22H22N2O3. The van der Waals surface area contributed by atoms with Crippen molar-refractivity contribution >= 4 is 23.1 Å². The van der Waals surface area contributed by atoms with Gasteiger partial charge in [-0.3, -0.25) is 14.5 Å². The van der Waals surface area contributed by atoms with Gasteiger partial charge in [-0.1, -0.05) is 30.3 Å². The predicted octanol–water partition coefficient (Wildman–Crippen LogP) is 3.69. The van der Waals surface area contributed by atoms with Gasteiger partial charge in [-0.25, -0.2) is 0 Å². The first kappa shape index (κ1) is 18.5. The number of nitrogens with zero attached hydrogens (tertiary/aromatic N) is 1. The molecule has 0 atom stereocenters. The number of anilines is 1. The van der Waals surface area contributed by atoms with Crippen LogP contribution < -0.4 is 10.1 Å². The monoisotopic (exact) mass is 362 g/mol. The molecule has 1 heterocycles. The van der Waals surface area contributed by atoms with Crippen molar-refractivity contribution in [1.29, 1.82) is 0 Å². The number of methoxy groups -OCH3 is 1. The van der Waals surface area contributed by atoms with Crippen LogP contribution in [-0.4, -0.2) is 30.4 Å². The number of rotatable bonds is 6. The first-order chi connectivity index (χ1) is 13.0. The van der Waals surface area contributed by atoms with Gasteiger partial charge in [-0.05, 0) is 48.7 Å². The molecule has 0 spiro atoms. The van der Waals surface area contributed by atoms with E-state index in [1.54, 1.807) is 37.5 Å². The molecule has 2 amide bonds. The van der Waals surface area contributed by atoms with Crippen molar-refractivity contribution in [1.82, 2.24) is 4.90 Å². The van der Waals surface area contributed by atoms with Gasteiger partial charge in [0.15, 0.2) is 0 Å². The summed E-state index contributed by atoms with van der Waals surface area (Å²) < 4.78 is 5.18. The molecule has 3 rings (SSSR count). The van der Waals surface area contributed by atoms with Crippen LogP contribution in [0.3, 0.4) is 0 Å². The van der Waals surface area contributed by atoms with Crippen LogP contribution in [0.15, 0.2) is 60.8 Å². The highest BCUT2D eigenvalue weighted by molar-refractivity contribution is 6.36. The zero-order valence-electron chi connectivity index (χ0n) is 15.7. The third-order valence-corrected chi connectivity index (χ3v) is 4.51. The van der Waals surface area contributed by atoms with E-state index in [1.807, 2.05) is 32.0 Å². The molecule has 0 saturated carbocycles. The van der Waals surface area contributed by atoms with Crippen molar-refractivity contribution in [3.63, 3.8) is 0 Å². The fraction of sp³-hybridized carbons (Fsp3) is 0.182. The van der Waals surface area contributed by atoms with Gasteiger partial charge in [0.2, 0.25) is 0 Å². The van der Waals surface area contributed by atoms with Gasteiger partial charge < -0.3 is 10.1 Å². The van der Waals surface area contributed by atoms with E-state index in [0.717, 1.165) is 16.8 Å². The van der Waals surface area contributed by atoms with Crippen molar-refractivity contribution < 1.29 is 14.3 Å². The van der Waals surface area contributed by atoms with Crippen molar-refractivity contribution in [2.45, 2.75) is 13.8 Å². The number of imide groups is 1. The van der Waals surface area contributed by atoms with Crippen LogP contribution in [0.4, 0.5) is 5.69 Å². The second-order valence-electron chi connectivity index (χ2n) is 6.43. The Morgan fingerprint density at radius 2 is 1.78 bits per heavy atom. The van der Waals surface area contributed by atoms with Crippen molar-refractivity contribution in [3.05, 3.63) is 77.5 Å². The zero-order chi connectivity index (χ0) is 19.6. The van der Waals surface area contributed by atoms with Crippen molar-refractivity contribution in [3.8, 4) is 5.75 Å². The summed E-state index contributed by atoms with van der Waals surface area (Å²) in [6.07, 6.45) is 1.54. The van der Waals surface area contributed by atoms with Gasteiger partial charge in [0.1, 0.15) is 11.4 Å². The number of hydrogen-bond donors (Lipinski definition) is 1. The van der Waals surface area contributed by atoms with Crippen LogP contribution in [-0.2, 0) is 9.59 Å².